The van der Waals surface area contributed by atoms with Gasteiger partial charge in [0.05, 0.1) is 35.5 Å². The Morgan fingerprint density at radius 1 is 0.914 bits per heavy atom. The van der Waals surface area contributed by atoms with E-state index in [1.807, 2.05) is 12.1 Å². The molecule has 1 aliphatic carbocycles. The Morgan fingerprint density at radius 2 is 1.57 bits per heavy atom. The molecule has 2 atom stereocenters. The molecule has 0 aromatic heterocycles. The molecular weight excluding hydrogens is 456 g/mol. The molecule has 2 aromatic rings. The van der Waals surface area contributed by atoms with Gasteiger partial charge in [0.2, 0.25) is 5.75 Å². The molecule has 0 bridgehead atoms. The smallest absolute Gasteiger partial charge is 0.320 e. The van der Waals surface area contributed by atoms with Crippen LogP contribution in [0.3, 0.4) is 0 Å². The standard InChI is InChI=1S/C26H30O9/c1-14(27)35-17-9-7-8-15(10-17)18-11-16(12-20(25(28)33-5)26(29)34-6)19-13-21(30-2)23(31-3)24(32-4)22(18)19/h7-10,13,16,18,20H,11-12H2,1-6H3. The van der Waals surface area contributed by atoms with E-state index in [4.69, 9.17) is 28.4 Å². The van der Waals surface area contributed by atoms with E-state index in [9.17, 15) is 14.4 Å². The number of carbonyl (C=O) groups excluding carboxylic acids is 3. The minimum atomic E-state index is -1.09. The molecule has 0 heterocycles. The lowest BCUT2D eigenvalue weighted by atomic mass is 9.88. The van der Waals surface area contributed by atoms with Crippen molar-refractivity contribution >= 4 is 17.9 Å². The van der Waals surface area contributed by atoms with Crippen LogP contribution in [0.25, 0.3) is 0 Å². The van der Waals surface area contributed by atoms with Crippen LogP contribution in [-0.2, 0) is 23.9 Å². The first-order valence-corrected chi connectivity index (χ1v) is 11.1. The first kappa shape index (κ1) is 25.9. The molecule has 188 valence electrons. The van der Waals surface area contributed by atoms with Gasteiger partial charge in [-0.25, -0.2) is 0 Å². The monoisotopic (exact) mass is 486 g/mol. The van der Waals surface area contributed by atoms with Gasteiger partial charge in [-0.05, 0) is 48.1 Å². The molecule has 0 N–H and O–H groups in total. The summed E-state index contributed by atoms with van der Waals surface area (Å²) in [7, 11) is 7.07. The van der Waals surface area contributed by atoms with Crippen molar-refractivity contribution in [2.75, 3.05) is 35.5 Å². The molecule has 0 saturated carbocycles. The van der Waals surface area contributed by atoms with Crippen LogP contribution in [0.4, 0.5) is 0 Å². The maximum Gasteiger partial charge on any atom is 0.320 e. The highest BCUT2D eigenvalue weighted by Gasteiger charge is 2.41. The molecule has 2 unspecified atom stereocenters. The third-order valence-electron chi connectivity index (χ3n) is 6.22. The van der Waals surface area contributed by atoms with Crippen LogP contribution < -0.4 is 18.9 Å². The number of benzene rings is 2. The van der Waals surface area contributed by atoms with Crippen LogP contribution in [-0.4, -0.2) is 53.5 Å². The van der Waals surface area contributed by atoms with Crippen LogP contribution in [0, 0.1) is 5.92 Å². The molecule has 2 aromatic carbocycles. The van der Waals surface area contributed by atoms with Gasteiger partial charge in [-0.3, -0.25) is 14.4 Å². The molecule has 1 aliphatic rings. The van der Waals surface area contributed by atoms with Gasteiger partial charge < -0.3 is 28.4 Å². The second kappa shape index (κ2) is 11.1. The van der Waals surface area contributed by atoms with Crippen molar-refractivity contribution in [3.8, 4) is 23.0 Å². The van der Waals surface area contributed by atoms with E-state index >= 15 is 0 Å². The van der Waals surface area contributed by atoms with E-state index in [-0.39, 0.29) is 18.3 Å². The van der Waals surface area contributed by atoms with E-state index in [2.05, 4.69) is 0 Å². The fraction of sp³-hybridized carbons (Fsp3) is 0.423. The van der Waals surface area contributed by atoms with Crippen molar-refractivity contribution in [1.29, 1.82) is 0 Å². The van der Waals surface area contributed by atoms with E-state index < -0.39 is 23.8 Å². The average molecular weight is 487 g/mol. The minimum absolute atomic E-state index is 0.172. The maximum absolute atomic E-state index is 12.4. The molecule has 35 heavy (non-hydrogen) atoms. The zero-order chi connectivity index (χ0) is 25.7. The van der Waals surface area contributed by atoms with Gasteiger partial charge in [0.15, 0.2) is 17.4 Å². The fourth-order valence-corrected chi connectivity index (χ4v) is 4.77. The summed E-state index contributed by atoms with van der Waals surface area (Å²) in [4.78, 5) is 36.3. The zero-order valence-corrected chi connectivity index (χ0v) is 20.7. The van der Waals surface area contributed by atoms with Gasteiger partial charge >= 0.3 is 17.9 Å². The van der Waals surface area contributed by atoms with Crippen LogP contribution in [0.2, 0.25) is 0 Å². The van der Waals surface area contributed by atoms with Gasteiger partial charge in [-0.2, -0.15) is 0 Å². The Kier molecular flexibility index (Phi) is 8.22. The van der Waals surface area contributed by atoms with Crippen molar-refractivity contribution in [2.45, 2.75) is 31.6 Å². The van der Waals surface area contributed by atoms with Gasteiger partial charge in [0, 0.05) is 18.4 Å². The van der Waals surface area contributed by atoms with E-state index in [1.165, 1.54) is 35.4 Å². The molecule has 3 rings (SSSR count). The van der Waals surface area contributed by atoms with Crippen LogP contribution in [0.15, 0.2) is 30.3 Å². The summed E-state index contributed by atoms with van der Waals surface area (Å²) in [6.07, 6.45) is 0.723. The average Bonchev–Trinajstić information content (AvgIpc) is 3.22. The summed E-state index contributed by atoms with van der Waals surface area (Å²) in [6.45, 7) is 1.34. The first-order valence-electron chi connectivity index (χ1n) is 11.1. The van der Waals surface area contributed by atoms with Gasteiger partial charge in [0.25, 0.3) is 0 Å². The molecular formula is C26H30O9. The SMILES string of the molecule is COC(=O)C(CC1CC(c2cccc(OC(C)=O)c2)c2c1cc(OC)c(OC)c2OC)C(=O)OC. The van der Waals surface area contributed by atoms with Crippen LogP contribution >= 0.6 is 0 Å². The molecule has 0 spiro atoms. The zero-order valence-electron chi connectivity index (χ0n) is 20.7. The summed E-state index contributed by atoms with van der Waals surface area (Å²) in [5.74, 6) is -1.44. The van der Waals surface area contributed by atoms with Gasteiger partial charge in [-0.15, -0.1) is 0 Å². The molecule has 9 nitrogen and oxygen atoms in total. The largest absolute Gasteiger partial charge is 0.493 e. The number of fused-ring (bicyclic) bond motifs is 1. The van der Waals surface area contributed by atoms with E-state index in [1.54, 1.807) is 25.3 Å². The second-order valence-corrected chi connectivity index (χ2v) is 8.13. The van der Waals surface area contributed by atoms with Crippen LogP contribution in [0.1, 0.15) is 48.3 Å². The highest BCUT2D eigenvalue weighted by Crippen LogP contribution is 2.56. The molecule has 0 saturated heterocycles. The summed E-state index contributed by atoms with van der Waals surface area (Å²) < 4.78 is 32.0. The van der Waals surface area contributed by atoms with Crippen molar-refractivity contribution in [3.05, 3.63) is 47.0 Å². The van der Waals surface area contributed by atoms with Gasteiger partial charge in [0.1, 0.15) is 5.75 Å². The lowest BCUT2D eigenvalue weighted by Crippen LogP contribution is -2.28. The quantitative estimate of drug-likeness (QED) is 0.298. The Hall–Kier alpha value is -3.75. The van der Waals surface area contributed by atoms with Crippen molar-refractivity contribution in [1.82, 2.24) is 0 Å². The first-order chi connectivity index (χ1) is 16.8. The molecule has 0 fully saturated rings. The topological polar surface area (TPSA) is 107 Å². The number of hydrogen-bond donors (Lipinski definition) is 0. The number of esters is 3. The lowest BCUT2D eigenvalue weighted by Gasteiger charge is -2.20. The molecule has 9 heteroatoms. The summed E-state index contributed by atoms with van der Waals surface area (Å²) in [5, 5.41) is 0. The summed E-state index contributed by atoms with van der Waals surface area (Å²) in [5.41, 5.74) is 2.59. The maximum atomic E-state index is 12.4. The predicted octanol–water partition coefficient (Wildman–Crippen LogP) is 3.61. The van der Waals surface area contributed by atoms with Crippen molar-refractivity contribution < 1.29 is 42.8 Å². The minimum Gasteiger partial charge on any atom is -0.493 e. The Bertz CT molecular complexity index is 1090. The summed E-state index contributed by atoms with van der Waals surface area (Å²) in [6, 6.07) is 9.08. The molecule has 0 radical (unpaired) electrons. The van der Waals surface area contributed by atoms with Crippen molar-refractivity contribution in [3.63, 3.8) is 0 Å². The van der Waals surface area contributed by atoms with E-state index in [0.717, 1.165) is 16.7 Å². The Morgan fingerprint density at radius 3 is 2.11 bits per heavy atom. The number of rotatable bonds is 9. The number of carbonyl (C=O) groups is 3. The van der Waals surface area contributed by atoms with E-state index in [0.29, 0.717) is 29.4 Å². The Balaban J connectivity index is 2.17. The number of methoxy groups -OCH3 is 5. The van der Waals surface area contributed by atoms with Gasteiger partial charge in [-0.1, -0.05) is 12.1 Å². The highest BCUT2D eigenvalue weighted by molar-refractivity contribution is 5.95. The second-order valence-electron chi connectivity index (χ2n) is 8.13. The third kappa shape index (κ3) is 5.18. The van der Waals surface area contributed by atoms with Crippen molar-refractivity contribution in [2.24, 2.45) is 5.92 Å². The highest BCUT2D eigenvalue weighted by atomic mass is 16.5. The summed E-state index contributed by atoms with van der Waals surface area (Å²) >= 11 is 0. The third-order valence-corrected chi connectivity index (χ3v) is 6.22. The predicted molar refractivity (Wildman–Crippen MR) is 125 cm³/mol. The lowest BCUT2D eigenvalue weighted by molar-refractivity contribution is -0.159. The molecule has 0 aliphatic heterocycles. The normalized spacial score (nSPS) is 16.3. The Labute approximate surface area is 204 Å². The number of hydrogen-bond acceptors (Lipinski definition) is 9. The molecule has 0 amide bonds. The van der Waals surface area contributed by atoms with Crippen LogP contribution in [0.5, 0.6) is 23.0 Å². The fourth-order valence-electron chi connectivity index (χ4n) is 4.77. The number of ether oxygens (including phenoxy) is 6.